The molecule has 0 radical (unpaired) electrons. The lowest BCUT2D eigenvalue weighted by Gasteiger charge is -2.27. The summed E-state index contributed by atoms with van der Waals surface area (Å²) in [6.07, 6.45) is 0.660. The molecular formula is C13H17F2NO4S2. The Bertz CT molecular complexity index is 742. The Labute approximate surface area is 128 Å². The van der Waals surface area contributed by atoms with Gasteiger partial charge in [0.2, 0.25) is 10.0 Å². The van der Waals surface area contributed by atoms with E-state index in [2.05, 4.69) is 0 Å². The van der Waals surface area contributed by atoms with E-state index >= 15 is 0 Å². The Morgan fingerprint density at radius 3 is 2.27 bits per heavy atom. The molecule has 9 heteroatoms. The molecule has 0 amide bonds. The van der Waals surface area contributed by atoms with Crippen LogP contribution in [0, 0.1) is 11.6 Å². The van der Waals surface area contributed by atoms with Crippen LogP contribution >= 0.6 is 0 Å². The van der Waals surface area contributed by atoms with E-state index in [9.17, 15) is 25.6 Å². The van der Waals surface area contributed by atoms with E-state index in [0.717, 1.165) is 16.4 Å². The highest BCUT2D eigenvalue weighted by molar-refractivity contribution is 7.92. The van der Waals surface area contributed by atoms with E-state index < -0.39 is 42.4 Å². The lowest BCUT2D eigenvalue weighted by molar-refractivity contribution is 0.340. The number of halogens is 2. The third kappa shape index (κ3) is 3.64. The Morgan fingerprint density at radius 1 is 1.23 bits per heavy atom. The van der Waals surface area contributed by atoms with Gasteiger partial charge in [-0.1, -0.05) is 6.92 Å². The zero-order chi connectivity index (χ0) is 16.5. The van der Waals surface area contributed by atoms with Crippen molar-refractivity contribution in [2.45, 2.75) is 30.7 Å². The van der Waals surface area contributed by atoms with Crippen LogP contribution in [0.3, 0.4) is 0 Å². The molecule has 0 aromatic heterocycles. The molecule has 1 aromatic rings. The molecule has 1 saturated heterocycles. The summed E-state index contributed by atoms with van der Waals surface area (Å²) in [6, 6.07) is 1.37. The van der Waals surface area contributed by atoms with Crippen molar-refractivity contribution in [2.75, 3.05) is 18.1 Å². The topological polar surface area (TPSA) is 71.5 Å². The average Bonchev–Trinajstić information content (AvgIpc) is 2.74. The number of sulfonamides is 1. The van der Waals surface area contributed by atoms with Crippen molar-refractivity contribution >= 4 is 19.9 Å². The van der Waals surface area contributed by atoms with Crippen LogP contribution in [0.2, 0.25) is 0 Å². The monoisotopic (exact) mass is 353 g/mol. The highest BCUT2D eigenvalue weighted by Crippen LogP contribution is 2.26. The number of sulfone groups is 1. The molecule has 1 aliphatic rings. The second kappa shape index (κ2) is 6.21. The van der Waals surface area contributed by atoms with Crippen molar-refractivity contribution in [1.82, 2.24) is 4.31 Å². The van der Waals surface area contributed by atoms with Crippen LogP contribution < -0.4 is 0 Å². The fourth-order valence-corrected chi connectivity index (χ4v) is 6.15. The summed E-state index contributed by atoms with van der Waals surface area (Å²) < 4.78 is 76.0. The molecule has 22 heavy (non-hydrogen) atoms. The number of nitrogens with zero attached hydrogens (tertiary/aromatic N) is 1. The first-order valence-electron chi connectivity index (χ1n) is 6.84. The largest absolute Gasteiger partial charge is 0.243 e. The molecular weight excluding hydrogens is 336 g/mol. The summed E-state index contributed by atoms with van der Waals surface area (Å²) >= 11 is 0. The van der Waals surface area contributed by atoms with Gasteiger partial charge in [-0.25, -0.2) is 25.6 Å². The fraction of sp³-hybridized carbons (Fsp3) is 0.538. The second-order valence-electron chi connectivity index (χ2n) is 5.28. The molecule has 0 saturated carbocycles. The summed E-state index contributed by atoms with van der Waals surface area (Å²) in [5.74, 6) is -2.32. The minimum absolute atomic E-state index is 0.0785. The lowest BCUT2D eigenvalue weighted by atomic mass is 10.2. The standard InChI is InChI=1S/C13H17F2NO4S2/c1-2-4-16(12-3-5-21(17,18)9-12)22(19,20)13-7-10(14)6-11(15)8-13/h6-8,12H,2-5,9H2,1H3. The third-order valence-electron chi connectivity index (χ3n) is 3.50. The number of hydrogen-bond acceptors (Lipinski definition) is 4. The van der Waals surface area contributed by atoms with Crippen LogP contribution in [0.5, 0.6) is 0 Å². The summed E-state index contributed by atoms with van der Waals surface area (Å²) in [4.78, 5) is -0.497. The van der Waals surface area contributed by atoms with Crippen LogP contribution in [0.15, 0.2) is 23.1 Å². The number of benzene rings is 1. The first-order chi connectivity index (χ1) is 10.2. The summed E-state index contributed by atoms with van der Waals surface area (Å²) in [5, 5.41) is 0. The van der Waals surface area contributed by atoms with E-state index in [0.29, 0.717) is 12.5 Å². The van der Waals surface area contributed by atoms with Gasteiger partial charge in [0.25, 0.3) is 0 Å². The quantitative estimate of drug-likeness (QED) is 0.805. The van der Waals surface area contributed by atoms with Gasteiger partial charge in [-0.15, -0.1) is 0 Å². The first kappa shape index (κ1) is 17.3. The van der Waals surface area contributed by atoms with E-state index in [1.54, 1.807) is 6.92 Å². The van der Waals surface area contributed by atoms with Crippen molar-refractivity contribution in [1.29, 1.82) is 0 Å². The van der Waals surface area contributed by atoms with Crippen molar-refractivity contribution in [2.24, 2.45) is 0 Å². The SMILES string of the molecule is CCCN(C1CCS(=O)(=O)C1)S(=O)(=O)c1cc(F)cc(F)c1. The molecule has 5 nitrogen and oxygen atoms in total. The van der Waals surface area contributed by atoms with Gasteiger partial charge in [0, 0.05) is 18.7 Å². The van der Waals surface area contributed by atoms with Crippen LogP contribution in [0.4, 0.5) is 8.78 Å². The highest BCUT2D eigenvalue weighted by atomic mass is 32.2. The van der Waals surface area contributed by atoms with E-state index in [1.807, 2.05) is 0 Å². The highest BCUT2D eigenvalue weighted by Gasteiger charge is 2.38. The molecule has 0 aliphatic carbocycles. The van der Waals surface area contributed by atoms with Crippen molar-refractivity contribution < 1.29 is 25.6 Å². The smallest absolute Gasteiger partial charge is 0.229 e. The summed E-state index contributed by atoms with van der Waals surface area (Å²) in [5.41, 5.74) is 0. The predicted octanol–water partition coefficient (Wildman–Crippen LogP) is 1.55. The van der Waals surface area contributed by atoms with Gasteiger partial charge in [-0.3, -0.25) is 0 Å². The Kier molecular flexibility index (Phi) is 4.88. The Balaban J connectivity index is 2.42. The van der Waals surface area contributed by atoms with Crippen LogP contribution in [0.25, 0.3) is 0 Å². The minimum atomic E-state index is -4.15. The number of hydrogen-bond donors (Lipinski definition) is 0. The molecule has 0 spiro atoms. The van der Waals surface area contributed by atoms with Gasteiger partial charge >= 0.3 is 0 Å². The molecule has 0 bridgehead atoms. The van der Waals surface area contributed by atoms with Crippen LogP contribution in [-0.4, -0.2) is 45.2 Å². The fourth-order valence-electron chi connectivity index (χ4n) is 2.53. The lowest BCUT2D eigenvalue weighted by Crippen LogP contribution is -2.41. The van der Waals surface area contributed by atoms with Gasteiger partial charge in [-0.05, 0) is 25.0 Å². The van der Waals surface area contributed by atoms with Gasteiger partial charge in [0.1, 0.15) is 11.6 Å². The molecule has 1 fully saturated rings. The Morgan fingerprint density at radius 2 is 1.82 bits per heavy atom. The van der Waals surface area contributed by atoms with E-state index in [-0.39, 0.29) is 24.5 Å². The molecule has 1 aliphatic heterocycles. The summed E-state index contributed by atoms with van der Waals surface area (Å²) in [6.45, 7) is 1.85. The zero-order valence-electron chi connectivity index (χ0n) is 12.0. The predicted molar refractivity (Wildman–Crippen MR) is 77.6 cm³/mol. The zero-order valence-corrected chi connectivity index (χ0v) is 13.6. The molecule has 124 valence electrons. The maximum atomic E-state index is 13.3. The van der Waals surface area contributed by atoms with Crippen molar-refractivity contribution in [3.05, 3.63) is 29.8 Å². The second-order valence-corrected chi connectivity index (χ2v) is 9.40. The molecule has 1 atom stereocenters. The molecule has 1 heterocycles. The van der Waals surface area contributed by atoms with Gasteiger partial charge in [0.05, 0.1) is 16.4 Å². The maximum Gasteiger partial charge on any atom is 0.243 e. The molecule has 0 N–H and O–H groups in total. The van der Waals surface area contributed by atoms with E-state index in [1.165, 1.54) is 0 Å². The van der Waals surface area contributed by atoms with E-state index in [4.69, 9.17) is 0 Å². The first-order valence-corrected chi connectivity index (χ1v) is 10.1. The molecule has 2 rings (SSSR count). The van der Waals surface area contributed by atoms with Crippen LogP contribution in [-0.2, 0) is 19.9 Å². The maximum absolute atomic E-state index is 13.3. The van der Waals surface area contributed by atoms with Crippen molar-refractivity contribution in [3.8, 4) is 0 Å². The normalized spacial score (nSPS) is 21.4. The number of rotatable bonds is 5. The van der Waals surface area contributed by atoms with Gasteiger partial charge < -0.3 is 0 Å². The van der Waals surface area contributed by atoms with Crippen LogP contribution in [0.1, 0.15) is 19.8 Å². The molecule has 1 unspecified atom stereocenters. The van der Waals surface area contributed by atoms with Gasteiger partial charge in [0.15, 0.2) is 9.84 Å². The third-order valence-corrected chi connectivity index (χ3v) is 7.18. The average molecular weight is 353 g/mol. The van der Waals surface area contributed by atoms with Crippen molar-refractivity contribution in [3.63, 3.8) is 0 Å². The minimum Gasteiger partial charge on any atom is -0.229 e. The summed E-state index contributed by atoms with van der Waals surface area (Å²) in [7, 11) is -7.42. The van der Waals surface area contributed by atoms with Gasteiger partial charge in [-0.2, -0.15) is 4.31 Å². The Hall–Kier alpha value is -1.06. The molecule has 1 aromatic carbocycles.